The number of phenolic OH excluding ortho intramolecular Hbond substituents is 1. The van der Waals surface area contributed by atoms with Gasteiger partial charge in [0.1, 0.15) is 0 Å². The Hall–Kier alpha value is -1.57. The van der Waals surface area contributed by atoms with Crippen molar-refractivity contribution in [2.45, 2.75) is 0 Å². The van der Waals surface area contributed by atoms with E-state index in [1.807, 2.05) is 36.4 Å². The second kappa shape index (κ2) is 3.78. The van der Waals surface area contributed by atoms with Crippen LogP contribution in [-0.4, -0.2) is 24.6 Å². The summed E-state index contributed by atoms with van der Waals surface area (Å²) in [5.41, 5.74) is 1.90. The van der Waals surface area contributed by atoms with Crippen molar-refractivity contribution in [3.8, 4) is 15.9 Å². The van der Waals surface area contributed by atoms with E-state index in [9.17, 15) is 5.11 Å². The van der Waals surface area contributed by atoms with Crippen molar-refractivity contribution in [3.05, 3.63) is 48.5 Å². The van der Waals surface area contributed by atoms with Crippen molar-refractivity contribution in [1.82, 2.24) is 4.98 Å². The summed E-state index contributed by atoms with van der Waals surface area (Å²) in [7, 11) is 0. The zero-order valence-electron chi connectivity index (χ0n) is 8.42. The minimum atomic E-state index is 0.204. The first kappa shape index (κ1) is 9.64. The summed E-state index contributed by atoms with van der Waals surface area (Å²) in [5, 5.41) is 9.78. The molecule has 1 heterocycles. The number of aromatic nitrogens is 1. The molecule has 0 aliphatic rings. The topological polar surface area (TPSA) is 33.1 Å². The molecule has 0 atom stereocenters. The summed E-state index contributed by atoms with van der Waals surface area (Å²) in [5.74, 6) is 0.316. The van der Waals surface area contributed by atoms with Gasteiger partial charge in [0.25, 0.3) is 0 Å². The zero-order valence-corrected chi connectivity index (χ0v) is 10.1. The molecule has 1 aromatic heterocycles. The van der Waals surface area contributed by atoms with E-state index in [2.05, 4.69) is 11.1 Å². The molecule has 0 fully saturated rings. The van der Waals surface area contributed by atoms with Crippen LogP contribution in [0.1, 0.15) is 0 Å². The fraction of sp³-hybridized carbons (Fsp3) is 0. The minimum absolute atomic E-state index is 0.204. The number of hydrogen-bond donors (Lipinski definition) is 1. The fourth-order valence-electron chi connectivity index (χ4n) is 1.64. The van der Waals surface area contributed by atoms with E-state index in [0.717, 1.165) is 15.6 Å². The summed E-state index contributed by atoms with van der Waals surface area (Å²) in [6.07, 6.45) is 0. The molecule has 0 amide bonds. The van der Waals surface area contributed by atoms with Gasteiger partial charge < -0.3 is 0 Å². The van der Waals surface area contributed by atoms with Gasteiger partial charge in [-0.05, 0) is 0 Å². The van der Waals surface area contributed by atoms with E-state index in [1.54, 1.807) is 6.07 Å². The Morgan fingerprint density at radius 2 is 1.69 bits per heavy atom. The van der Waals surface area contributed by atoms with Crippen LogP contribution in [0, 0.1) is 0 Å². The molecule has 3 heteroatoms. The molecule has 0 saturated heterocycles. The predicted octanol–water partition coefficient (Wildman–Crippen LogP) is 2.66. The molecule has 1 N–H and O–H groups in total. The van der Waals surface area contributed by atoms with Gasteiger partial charge in [0.2, 0.25) is 0 Å². The zero-order chi connectivity index (χ0) is 11.0. The summed E-state index contributed by atoms with van der Waals surface area (Å²) < 4.78 is 2.29. The first-order chi connectivity index (χ1) is 7.84. The maximum atomic E-state index is 9.78. The summed E-state index contributed by atoms with van der Waals surface area (Å²) in [6.45, 7) is 0. The van der Waals surface area contributed by atoms with Gasteiger partial charge in [-0.15, -0.1) is 0 Å². The molecule has 0 aliphatic carbocycles. The van der Waals surface area contributed by atoms with Gasteiger partial charge in [0.15, 0.2) is 0 Å². The van der Waals surface area contributed by atoms with Gasteiger partial charge in [-0.2, -0.15) is 0 Å². The van der Waals surface area contributed by atoms with Gasteiger partial charge in [0.05, 0.1) is 0 Å². The normalized spacial score (nSPS) is 10.8. The molecule has 0 spiro atoms. The predicted molar refractivity (Wildman–Crippen MR) is 65.8 cm³/mol. The number of nitrogens with zero attached hydrogens (tertiary/aromatic N) is 1. The molecule has 0 radical (unpaired) electrons. The maximum absolute atomic E-state index is 9.78. The van der Waals surface area contributed by atoms with E-state index in [0.29, 0.717) is 5.75 Å². The van der Waals surface area contributed by atoms with Crippen molar-refractivity contribution >= 4 is 24.3 Å². The van der Waals surface area contributed by atoms with Gasteiger partial charge in [-0.25, -0.2) is 0 Å². The van der Waals surface area contributed by atoms with Crippen LogP contribution in [0.15, 0.2) is 48.5 Å². The number of hydrogen-bond acceptors (Lipinski definition) is 2. The average Bonchev–Trinajstić information content (AvgIpc) is 2.73. The molecule has 16 heavy (non-hydrogen) atoms. The molecular weight excluding hydrogens is 265 g/mol. The van der Waals surface area contributed by atoms with Crippen LogP contribution in [0.25, 0.3) is 19.9 Å². The van der Waals surface area contributed by atoms with Crippen LogP contribution in [0.5, 0.6) is 5.75 Å². The number of phenols is 1. The Kier molecular flexibility index (Phi) is 2.28. The van der Waals surface area contributed by atoms with Gasteiger partial charge in [0, 0.05) is 0 Å². The monoisotopic (exact) mass is 275 g/mol. The van der Waals surface area contributed by atoms with Crippen LogP contribution >= 0.6 is 0 Å². The second-order valence-electron chi connectivity index (χ2n) is 3.50. The molecule has 0 bridgehead atoms. The third kappa shape index (κ3) is 1.54. The van der Waals surface area contributed by atoms with E-state index < -0.39 is 0 Å². The SMILES string of the molecule is Oc1ccccc1-c1nc2ccccc2[se]1. The van der Waals surface area contributed by atoms with E-state index in [-0.39, 0.29) is 14.5 Å². The van der Waals surface area contributed by atoms with E-state index in [1.165, 1.54) is 4.26 Å². The van der Waals surface area contributed by atoms with E-state index >= 15 is 0 Å². The molecular formula is C13H9NOSe. The average molecular weight is 274 g/mol. The molecule has 2 aromatic carbocycles. The Bertz CT molecular complexity index is 612. The first-order valence-electron chi connectivity index (χ1n) is 4.98. The quantitative estimate of drug-likeness (QED) is 0.692. The van der Waals surface area contributed by atoms with Gasteiger partial charge >= 0.3 is 98.8 Å². The van der Waals surface area contributed by atoms with Crippen LogP contribution in [0.3, 0.4) is 0 Å². The number of fused-ring (bicyclic) bond motifs is 1. The number of rotatable bonds is 1. The molecule has 3 rings (SSSR count). The Labute approximate surface area is 98.9 Å². The molecule has 2 nitrogen and oxygen atoms in total. The van der Waals surface area contributed by atoms with Crippen LogP contribution in [-0.2, 0) is 0 Å². The summed E-state index contributed by atoms with van der Waals surface area (Å²) in [4.78, 5) is 4.57. The number of aromatic hydroxyl groups is 1. The van der Waals surface area contributed by atoms with Crippen LogP contribution in [0.4, 0.5) is 0 Å². The molecule has 0 unspecified atom stereocenters. The van der Waals surface area contributed by atoms with Crippen molar-refractivity contribution in [2.24, 2.45) is 0 Å². The third-order valence-electron chi connectivity index (χ3n) is 2.43. The number of para-hydroxylation sites is 2. The first-order valence-corrected chi connectivity index (χ1v) is 6.70. The standard InChI is InChI=1S/C13H9NOSe/c15-11-7-3-1-5-9(11)13-14-10-6-2-4-8-12(10)16-13/h1-8,15H. The van der Waals surface area contributed by atoms with Crippen molar-refractivity contribution < 1.29 is 5.11 Å². The van der Waals surface area contributed by atoms with Crippen molar-refractivity contribution in [1.29, 1.82) is 0 Å². The molecule has 78 valence electrons. The summed E-state index contributed by atoms with van der Waals surface area (Å²) in [6, 6.07) is 15.5. The van der Waals surface area contributed by atoms with Gasteiger partial charge in [-0.1, -0.05) is 0 Å². The number of benzene rings is 2. The van der Waals surface area contributed by atoms with Crippen LogP contribution < -0.4 is 0 Å². The van der Waals surface area contributed by atoms with E-state index in [4.69, 9.17) is 0 Å². The van der Waals surface area contributed by atoms with Crippen LogP contribution in [0.2, 0.25) is 0 Å². The molecule has 3 aromatic rings. The summed E-state index contributed by atoms with van der Waals surface area (Å²) >= 11 is 0.204. The molecule has 0 aliphatic heterocycles. The Morgan fingerprint density at radius 1 is 0.938 bits per heavy atom. The fourth-order valence-corrected chi connectivity index (χ4v) is 3.74. The van der Waals surface area contributed by atoms with Gasteiger partial charge in [-0.3, -0.25) is 0 Å². The van der Waals surface area contributed by atoms with Crippen molar-refractivity contribution in [3.63, 3.8) is 0 Å². The molecule has 0 saturated carbocycles. The Morgan fingerprint density at radius 3 is 2.50 bits per heavy atom. The third-order valence-corrected chi connectivity index (χ3v) is 4.67. The van der Waals surface area contributed by atoms with Crippen molar-refractivity contribution in [2.75, 3.05) is 0 Å². The second-order valence-corrected chi connectivity index (χ2v) is 5.67. The Balaban J connectivity index is 2.23.